The van der Waals surface area contributed by atoms with E-state index in [1.165, 1.54) is 5.56 Å². The third kappa shape index (κ3) is 8.19. The van der Waals surface area contributed by atoms with Gasteiger partial charge in [-0.2, -0.15) is 0 Å². The second kappa shape index (κ2) is 14.1. The molecule has 2 atom stereocenters. The van der Waals surface area contributed by atoms with E-state index in [0.29, 0.717) is 24.6 Å². The zero-order chi connectivity index (χ0) is 27.7. The largest absolute Gasteiger partial charge is 0.483 e. The lowest BCUT2D eigenvalue weighted by atomic mass is 10.0. The van der Waals surface area contributed by atoms with Crippen molar-refractivity contribution in [1.29, 1.82) is 0 Å². The Labute approximate surface area is 235 Å². The number of hydrogen-bond donors (Lipinski definition) is 1. The molecule has 1 N–H and O–H groups in total. The van der Waals surface area contributed by atoms with Crippen molar-refractivity contribution in [2.24, 2.45) is 0 Å². The van der Waals surface area contributed by atoms with Crippen LogP contribution in [0.4, 0.5) is 0 Å². The van der Waals surface area contributed by atoms with E-state index < -0.39 is 6.04 Å². The number of hydrogen-bond acceptors (Lipinski definition) is 3. The van der Waals surface area contributed by atoms with Crippen molar-refractivity contribution >= 4 is 27.7 Å². The molecule has 0 fully saturated rings. The Kier molecular flexibility index (Phi) is 11.0. The summed E-state index contributed by atoms with van der Waals surface area (Å²) in [5, 5.41) is 3.10. The summed E-state index contributed by atoms with van der Waals surface area (Å²) in [6.07, 6.45) is 1.21. The van der Waals surface area contributed by atoms with Gasteiger partial charge in [0.05, 0.1) is 4.47 Å². The fraction of sp³-hybridized carbons (Fsp3) is 0.375. The standard InChI is InChI=1S/C32H39BrN2O3/c1-6-24(5)34-32(37)29(18-25-13-8-7-9-14-25)35(20-27-15-11-10-12-23(27)4)31(36)21-38-30-17-16-26(22(2)3)19-28(30)33/h7-17,19,22,24,29H,6,18,20-21H2,1-5H3,(H,34,37)/t24-,29-/m0/s1. The van der Waals surface area contributed by atoms with Crippen LogP contribution in [0, 0.1) is 6.92 Å². The molecule has 6 heteroatoms. The maximum absolute atomic E-state index is 13.8. The van der Waals surface area contributed by atoms with Crippen molar-refractivity contribution in [3.63, 3.8) is 0 Å². The summed E-state index contributed by atoms with van der Waals surface area (Å²) in [4.78, 5) is 29.1. The quantitative estimate of drug-likeness (QED) is 0.256. The molecule has 0 aliphatic rings. The molecule has 3 aromatic carbocycles. The minimum absolute atomic E-state index is 0.00265. The molecule has 38 heavy (non-hydrogen) atoms. The highest BCUT2D eigenvalue weighted by atomic mass is 79.9. The Bertz CT molecular complexity index is 1210. The molecule has 0 aliphatic carbocycles. The van der Waals surface area contributed by atoms with Gasteiger partial charge in [-0.25, -0.2) is 0 Å². The molecule has 2 amide bonds. The van der Waals surface area contributed by atoms with Crippen molar-refractivity contribution in [2.75, 3.05) is 6.61 Å². The van der Waals surface area contributed by atoms with E-state index >= 15 is 0 Å². The average molecular weight is 580 g/mol. The van der Waals surface area contributed by atoms with E-state index in [0.717, 1.165) is 27.6 Å². The Hall–Kier alpha value is -3.12. The summed E-state index contributed by atoms with van der Waals surface area (Å²) in [6.45, 7) is 10.4. The first-order valence-corrected chi connectivity index (χ1v) is 14.1. The van der Waals surface area contributed by atoms with E-state index in [-0.39, 0.29) is 24.5 Å². The normalized spacial score (nSPS) is 12.6. The first-order chi connectivity index (χ1) is 18.2. The highest BCUT2D eigenvalue weighted by Crippen LogP contribution is 2.29. The van der Waals surface area contributed by atoms with Gasteiger partial charge in [0.2, 0.25) is 5.91 Å². The first-order valence-electron chi connectivity index (χ1n) is 13.3. The number of benzene rings is 3. The number of amides is 2. The fourth-order valence-corrected chi connectivity index (χ4v) is 4.69. The number of carbonyl (C=O) groups is 2. The van der Waals surface area contributed by atoms with Gasteiger partial charge in [-0.3, -0.25) is 9.59 Å². The maximum atomic E-state index is 13.8. The molecule has 3 rings (SSSR count). The molecule has 0 bridgehead atoms. The van der Waals surface area contributed by atoms with Gasteiger partial charge in [0.15, 0.2) is 6.61 Å². The number of nitrogens with zero attached hydrogens (tertiary/aromatic N) is 1. The van der Waals surface area contributed by atoms with Gasteiger partial charge < -0.3 is 15.0 Å². The van der Waals surface area contributed by atoms with E-state index in [9.17, 15) is 9.59 Å². The summed E-state index contributed by atoms with van der Waals surface area (Å²) in [5.74, 6) is 0.581. The van der Waals surface area contributed by atoms with Crippen LogP contribution in [0.15, 0.2) is 77.3 Å². The second-order valence-electron chi connectivity index (χ2n) is 10.1. The molecule has 0 unspecified atom stereocenters. The van der Waals surface area contributed by atoms with Crippen molar-refractivity contribution < 1.29 is 14.3 Å². The Morgan fingerprint density at radius 2 is 1.66 bits per heavy atom. The molecule has 5 nitrogen and oxygen atoms in total. The van der Waals surface area contributed by atoms with Crippen molar-refractivity contribution in [2.45, 2.75) is 72.0 Å². The summed E-state index contributed by atoms with van der Waals surface area (Å²) in [5.41, 5.74) is 4.24. The lowest BCUT2D eigenvalue weighted by Gasteiger charge is -2.32. The average Bonchev–Trinajstić information content (AvgIpc) is 2.91. The van der Waals surface area contributed by atoms with Crippen LogP contribution in [-0.4, -0.2) is 35.4 Å². The molecule has 0 heterocycles. The molecule has 0 saturated heterocycles. The Balaban J connectivity index is 1.92. The maximum Gasteiger partial charge on any atom is 0.261 e. The van der Waals surface area contributed by atoms with E-state index in [4.69, 9.17) is 4.74 Å². The molecular formula is C32H39BrN2O3. The molecule has 0 spiro atoms. The number of rotatable bonds is 12. The number of halogens is 1. The van der Waals surface area contributed by atoms with E-state index in [1.807, 2.05) is 93.6 Å². The van der Waals surface area contributed by atoms with E-state index in [2.05, 4.69) is 35.1 Å². The highest BCUT2D eigenvalue weighted by molar-refractivity contribution is 9.10. The first kappa shape index (κ1) is 29.4. The Morgan fingerprint density at radius 3 is 2.29 bits per heavy atom. The highest BCUT2D eigenvalue weighted by Gasteiger charge is 2.31. The zero-order valence-corrected chi connectivity index (χ0v) is 24.6. The fourth-order valence-electron chi connectivity index (χ4n) is 4.18. The second-order valence-corrected chi connectivity index (χ2v) is 11.0. The van der Waals surface area contributed by atoms with E-state index in [1.54, 1.807) is 4.90 Å². The molecular weight excluding hydrogens is 540 g/mol. The molecule has 3 aromatic rings. The summed E-state index contributed by atoms with van der Waals surface area (Å²) < 4.78 is 6.80. The Morgan fingerprint density at radius 1 is 0.974 bits per heavy atom. The molecule has 0 aliphatic heterocycles. The van der Waals surface area contributed by atoms with Crippen LogP contribution >= 0.6 is 15.9 Å². The third-order valence-electron chi connectivity index (χ3n) is 6.85. The van der Waals surface area contributed by atoms with Crippen molar-refractivity contribution in [3.8, 4) is 5.75 Å². The van der Waals surface area contributed by atoms with Gasteiger partial charge >= 0.3 is 0 Å². The van der Waals surface area contributed by atoms with Crippen LogP contribution in [0.3, 0.4) is 0 Å². The van der Waals surface area contributed by atoms with Gasteiger partial charge in [-0.05, 0) is 76.5 Å². The van der Waals surface area contributed by atoms with Gasteiger partial charge in [0, 0.05) is 19.0 Å². The predicted molar refractivity (Wildman–Crippen MR) is 157 cm³/mol. The minimum atomic E-state index is -0.686. The smallest absolute Gasteiger partial charge is 0.261 e. The van der Waals surface area contributed by atoms with Crippen LogP contribution < -0.4 is 10.1 Å². The van der Waals surface area contributed by atoms with Crippen LogP contribution in [-0.2, 0) is 22.6 Å². The van der Waals surface area contributed by atoms with Crippen LogP contribution in [0.2, 0.25) is 0 Å². The van der Waals surface area contributed by atoms with Gasteiger partial charge in [-0.1, -0.05) is 81.4 Å². The van der Waals surface area contributed by atoms with Gasteiger partial charge in [0.25, 0.3) is 5.91 Å². The third-order valence-corrected chi connectivity index (χ3v) is 7.47. The predicted octanol–water partition coefficient (Wildman–Crippen LogP) is 6.81. The summed E-state index contributed by atoms with van der Waals surface area (Å²) in [7, 11) is 0. The number of nitrogens with one attached hydrogen (secondary N) is 1. The number of aryl methyl sites for hydroxylation is 1. The number of ether oxygens (including phenoxy) is 1. The monoisotopic (exact) mass is 578 g/mol. The molecule has 0 saturated carbocycles. The molecule has 202 valence electrons. The summed E-state index contributed by atoms with van der Waals surface area (Å²) >= 11 is 3.58. The van der Waals surface area contributed by atoms with Crippen LogP contribution in [0.5, 0.6) is 5.75 Å². The lowest BCUT2D eigenvalue weighted by Crippen LogP contribution is -2.53. The van der Waals surface area contributed by atoms with Crippen molar-refractivity contribution in [1.82, 2.24) is 10.2 Å². The van der Waals surface area contributed by atoms with Gasteiger partial charge in [-0.15, -0.1) is 0 Å². The van der Waals surface area contributed by atoms with Crippen molar-refractivity contribution in [3.05, 3.63) is 99.5 Å². The zero-order valence-electron chi connectivity index (χ0n) is 23.0. The van der Waals surface area contributed by atoms with Gasteiger partial charge in [0.1, 0.15) is 11.8 Å². The molecule has 0 aromatic heterocycles. The topological polar surface area (TPSA) is 58.6 Å². The van der Waals surface area contributed by atoms with Crippen LogP contribution in [0.25, 0.3) is 0 Å². The number of carbonyl (C=O) groups excluding carboxylic acids is 2. The van der Waals surface area contributed by atoms with Crippen LogP contribution in [0.1, 0.15) is 62.3 Å². The lowest BCUT2D eigenvalue weighted by molar-refractivity contribution is -0.143. The minimum Gasteiger partial charge on any atom is -0.483 e. The SMILES string of the molecule is CC[C@H](C)NC(=O)[C@H](Cc1ccccc1)N(Cc1ccccc1C)C(=O)COc1ccc(C(C)C)cc1Br. The summed E-state index contributed by atoms with van der Waals surface area (Å²) in [6, 6.07) is 23.0. The molecule has 0 radical (unpaired) electrons.